The van der Waals surface area contributed by atoms with Crippen LogP contribution < -0.4 is 0 Å². The Morgan fingerprint density at radius 3 is 2.35 bits per heavy atom. The summed E-state index contributed by atoms with van der Waals surface area (Å²) in [5.41, 5.74) is 0.397. The van der Waals surface area contributed by atoms with Gasteiger partial charge < -0.3 is 4.90 Å². The average molecular weight is 336 g/mol. The van der Waals surface area contributed by atoms with Crippen molar-refractivity contribution in [3.63, 3.8) is 0 Å². The molecule has 0 unspecified atom stereocenters. The zero-order valence-corrected chi connectivity index (χ0v) is 13.3. The smallest absolute Gasteiger partial charge is 0.255 e. The quantitative estimate of drug-likeness (QED) is 0.834. The summed E-state index contributed by atoms with van der Waals surface area (Å²) in [5.74, 6) is -0.182. The lowest BCUT2D eigenvalue weighted by Crippen LogP contribution is -2.42. The topological polar surface area (TPSA) is 54.5 Å². The summed E-state index contributed by atoms with van der Waals surface area (Å²) < 4.78 is 23.0. The Bertz CT molecular complexity index is 623. The Hall–Kier alpha value is -0.780. The van der Waals surface area contributed by atoms with Crippen LogP contribution in [0.5, 0.6) is 0 Å². The molecule has 0 atom stereocenters. The third kappa shape index (κ3) is 3.45. The van der Waals surface area contributed by atoms with Crippen molar-refractivity contribution >= 4 is 38.9 Å². The molecule has 0 spiro atoms. The van der Waals surface area contributed by atoms with Gasteiger partial charge in [-0.15, -0.1) is 0 Å². The number of nitrogens with zero attached hydrogens (tertiary/aromatic N) is 1. The summed E-state index contributed by atoms with van der Waals surface area (Å²) in [4.78, 5) is 14.0. The summed E-state index contributed by atoms with van der Waals surface area (Å²) >= 11 is 11.8. The largest absolute Gasteiger partial charge is 0.339 e. The number of sulfone groups is 1. The van der Waals surface area contributed by atoms with Crippen LogP contribution in [0.1, 0.15) is 23.2 Å². The zero-order chi connectivity index (χ0) is 14.9. The van der Waals surface area contributed by atoms with Gasteiger partial charge in [0.2, 0.25) is 0 Å². The molecule has 7 heteroatoms. The minimum Gasteiger partial charge on any atom is -0.339 e. The van der Waals surface area contributed by atoms with Gasteiger partial charge in [0.15, 0.2) is 0 Å². The predicted molar refractivity (Wildman–Crippen MR) is 80.2 cm³/mol. The van der Waals surface area contributed by atoms with E-state index in [1.54, 1.807) is 17.0 Å². The summed E-state index contributed by atoms with van der Waals surface area (Å²) in [5, 5.41) is 0.433. The van der Waals surface area contributed by atoms with Gasteiger partial charge in [-0.3, -0.25) is 4.79 Å². The van der Waals surface area contributed by atoms with E-state index in [9.17, 15) is 13.2 Å². The van der Waals surface area contributed by atoms with E-state index in [-0.39, 0.29) is 11.2 Å². The monoisotopic (exact) mass is 335 g/mol. The molecule has 1 saturated heterocycles. The first kappa shape index (κ1) is 15.6. The van der Waals surface area contributed by atoms with E-state index in [4.69, 9.17) is 23.2 Å². The van der Waals surface area contributed by atoms with E-state index in [2.05, 4.69) is 0 Å². The molecule has 1 amide bonds. The number of likely N-dealkylation sites (tertiary alicyclic amines) is 1. The molecule has 1 heterocycles. The Kier molecular flexibility index (Phi) is 4.62. The fourth-order valence-corrected chi connectivity index (χ4v) is 3.88. The van der Waals surface area contributed by atoms with Crippen LogP contribution in [0, 0.1) is 0 Å². The van der Waals surface area contributed by atoms with Crippen LogP contribution in [-0.4, -0.2) is 43.8 Å². The first-order chi connectivity index (χ1) is 9.29. The molecule has 2 rings (SSSR count). The van der Waals surface area contributed by atoms with Crippen LogP contribution >= 0.6 is 23.2 Å². The van der Waals surface area contributed by atoms with Crippen LogP contribution in [0.4, 0.5) is 0 Å². The van der Waals surface area contributed by atoms with Crippen LogP contribution in [0.15, 0.2) is 18.2 Å². The SMILES string of the molecule is CS(=O)(=O)C1CCN(C(=O)c2ccc(Cl)cc2Cl)CC1. The molecule has 0 saturated carbocycles. The number of piperidine rings is 1. The fraction of sp³-hybridized carbons (Fsp3) is 0.462. The number of carbonyl (C=O) groups is 1. The highest BCUT2D eigenvalue weighted by Gasteiger charge is 2.29. The maximum absolute atomic E-state index is 12.3. The number of benzene rings is 1. The molecule has 0 aromatic heterocycles. The van der Waals surface area contributed by atoms with Crippen molar-refractivity contribution in [2.75, 3.05) is 19.3 Å². The average Bonchev–Trinajstić information content (AvgIpc) is 2.37. The van der Waals surface area contributed by atoms with E-state index in [1.807, 2.05) is 0 Å². The molecule has 1 aromatic carbocycles. The highest BCUT2D eigenvalue weighted by atomic mass is 35.5. The molecular formula is C13H15Cl2NO3S. The van der Waals surface area contributed by atoms with Crippen molar-refractivity contribution in [1.29, 1.82) is 0 Å². The molecule has 1 aliphatic heterocycles. The molecule has 1 aromatic rings. The summed E-state index contributed by atoms with van der Waals surface area (Å²) in [6.45, 7) is 0.852. The maximum Gasteiger partial charge on any atom is 0.255 e. The first-order valence-electron chi connectivity index (χ1n) is 6.22. The van der Waals surface area contributed by atoms with Gasteiger partial charge in [-0.05, 0) is 31.0 Å². The van der Waals surface area contributed by atoms with Gasteiger partial charge in [0, 0.05) is 24.4 Å². The molecule has 0 N–H and O–H groups in total. The van der Waals surface area contributed by atoms with Gasteiger partial charge in [-0.2, -0.15) is 0 Å². The normalized spacial score (nSPS) is 17.2. The third-order valence-corrected chi connectivity index (χ3v) is 5.73. The second kappa shape index (κ2) is 5.92. The lowest BCUT2D eigenvalue weighted by atomic mass is 10.1. The summed E-state index contributed by atoms with van der Waals surface area (Å²) in [6.07, 6.45) is 2.18. The van der Waals surface area contributed by atoms with E-state index in [0.717, 1.165) is 0 Å². The number of amides is 1. The fourth-order valence-electron chi connectivity index (χ4n) is 2.32. The van der Waals surface area contributed by atoms with E-state index >= 15 is 0 Å². The number of halogens is 2. The second-order valence-electron chi connectivity index (χ2n) is 4.95. The van der Waals surface area contributed by atoms with Crippen LogP contribution in [-0.2, 0) is 9.84 Å². The Morgan fingerprint density at radius 1 is 1.25 bits per heavy atom. The van der Waals surface area contributed by atoms with Gasteiger partial charge in [-0.25, -0.2) is 8.42 Å². The Balaban J connectivity index is 2.09. The number of hydrogen-bond acceptors (Lipinski definition) is 3. The first-order valence-corrected chi connectivity index (χ1v) is 8.93. The lowest BCUT2D eigenvalue weighted by molar-refractivity contribution is 0.0726. The molecule has 4 nitrogen and oxygen atoms in total. The Labute approximate surface area is 128 Å². The van der Waals surface area contributed by atoms with Crippen LogP contribution in [0.3, 0.4) is 0 Å². The van der Waals surface area contributed by atoms with Crippen molar-refractivity contribution in [3.05, 3.63) is 33.8 Å². The van der Waals surface area contributed by atoms with Gasteiger partial charge in [0.25, 0.3) is 5.91 Å². The predicted octanol–water partition coefficient (Wildman–Crippen LogP) is 2.64. The maximum atomic E-state index is 12.3. The van der Waals surface area contributed by atoms with Crippen molar-refractivity contribution < 1.29 is 13.2 Å². The molecule has 1 aliphatic rings. The lowest BCUT2D eigenvalue weighted by Gasteiger charge is -2.31. The van der Waals surface area contributed by atoms with Gasteiger partial charge in [0.05, 0.1) is 15.8 Å². The van der Waals surface area contributed by atoms with Crippen molar-refractivity contribution in [1.82, 2.24) is 4.90 Å². The molecule has 0 radical (unpaired) electrons. The molecule has 0 aliphatic carbocycles. The zero-order valence-electron chi connectivity index (χ0n) is 11.0. The van der Waals surface area contributed by atoms with Gasteiger partial charge in [-0.1, -0.05) is 23.2 Å². The minimum absolute atomic E-state index is 0.182. The van der Waals surface area contributed by atoms with Crippen molar-refractivity contribution in [2.24, 2.45) is 0 Å². The Morgan fingerprint density at radius 2 is 1.85 bits per heavy atom. The van der Waals surface area contributed by atoms with Crippen molar-refractivity contribution in [2.45, 2.75) is 18.1 Å². The summed E-state index contributed by atoms with van der Waals surface area (Å²) in [7, 11) is -3.03. The second-order valence-corrected chi connectivity index (χ2v) is 8.11. The van der Waals surface area contributed by atoms with E-state index in [1.165, 1.54) is 12.3 Å². The highest BCUT2D eigenvalue weighted by molar-refractivity contribution is 7.91. The third-order valence-electron chi connectivity index (χ3n) is 3.50. The van der Waals surface area contributed by atoms with E-state index < -0.39 is 9.84 Å². The highest BCUT2D eigenvalue weighted by Crippen LogP contribution is 2.24. The van der Waals surface area contributed by atoms with E-state index in [0.29, 0.717) is 41.5 Å². The minimum atomic E-state index is -3.03. The number of rotatable bonds is 2. The number of hydrogen-bond donors (Lipinski definition) is 0. The molecule has 0 bridgehead atoms. The van der Waals surface area contributed by atoms with Gasteiger partial charge in [0.1, 0.15) is 9.84 Å². The molecule has 1 fully saturated rings. The standard InChI is InChI=1S/C13H15Cl2NO3S/c1-20(18,19)10-4-6-16(7-5-10)13(17)11-3-2-9(14)8-12(11)15/h2-3,8,10H,4-7H2,1H3. The van der Waals surface area contributed by atoms with Gasteiger partial charge >= 0.3 is 0 Å². The summed E-state index contributed by atoms with van der Waals surface area (Å²) in [6, 6.07) is 4.74. The van der Waals surface area contributed by atoms with Crippen LogP contribution in [0.25, 0.3) is 0 Å². The molecule has 20 heavy (non-hydrogen) atoms. The molecular weight excluding hydrogens is 321 g/mol. The number of carbonyl (C=O) groups excluding carboxylic acids is 1. The van der Waals surface area contributed by atoms with Crippen LogP contribution in [0.2, 0.25) is 10.0 Å². The molecule has 110 valence electrons. The van der Waals surface area contributed by atoms with Crippen molar-refractivity contribution in [3.8, 4) is 0 Å².